The van der Waals surface area contributed by atoms with Gasteiger partial charge in [-0.2, -0.15) is 4.31 Å². The molecule has 7 heteroatoms. The zero-order chi connectivity index (χ0) is 17.4. The van der Waals surface area contributed by atoms with Crippen molar-refractivity contribution in [1.29, 1.82) is 0 Å². The molecule has 6 nitrogen and oxygen atoms in total. The van der Waals surface area contributed by atoms with Gasteiger partial charge in [0.2, 0.25) is 15.9 Å². The van der Waals surface area contributed by atoms with E-state index in [4.69, 9.17) is 4.74 Å². The molecular formula is C17H22N2O4S. The highest BCUT2D eigenvalue weighted by molar-refractivity contribution is 7.89. The largest absolute Gasteiger partial charge is 0.379 e. The van der Waals surface area contributed by atoms with Crippen molar-refractivity contribution < 1.29 is 17.9 Å². The number of ether oxygens (including phenoxy) is 1. The van der Waals surface area contributed by atoms with Gasteiger partial charge in [0, 0.05) is 25.7 Å². The molecule has 1 aromatic carbocycles. The van der Waals surface area contributed by atoms with Gasteiger partial charge in [0.15, 0.2) is 0 Å². The first kappa shape index (κ1) is 18.4. The molecule has 1 fully saturated rings. The third kappa shape index (κ3) is 5.02. The lowest BCUT2D eigenvalue weighted by Gasteiger charge is -2.26. The lowest BCUT2D eigenvalue weighted by molar-refractivity contribution is -0.116. The molecule has 0 bridgehead atoms. The quantitative estimate of drug-likeness (QED) is 0.622. The number of morpholine rings is 1. The minimum atomic E-state index is -3.48. The van der Waals surface area contributed by atoms with Gasteiger partial charge in [-0.15, -0.1) is 0 Å². The van der Waals surface area contributed by atoms with Crippen LogP contribution in [0.15, 0.2) is 53.5 Å². The van der Waals surface area contributed by atoms with Crippen LogP contribution in [-0.4, -0.2) is 44.9 Å². The van der Waals surface area contributed by atoms with Gasteiger partial charge in [-0.3, -0.25) is 4.79 Å². The van der Waals surface area contributed by atoms with Crippen LogP contribution in [0.3, 0.4) is 0 Å². The number of nitrogens with zero attached hydrogens (tertiary/aromatic N) is 1. The lowest BCUT2D eigenvalue weighted by Crippen LogP contribution is -2.40. The molecular weight excluding hydrogens is 328 g/mol. The van der Waals surface area contributed by atoms with Crippen LogP contribution in [0.5, 0.6) is 0 Å². The summed E-state index contributed by atoms with van der Waals surface area (Å²) in [6, 6.07) is 6.57. The molecule has 0 aliphatic carbocycles. The van der Waals surface area contributed by atoms with Crippen molar-refractivity contribution >= 4 is 15.9 Å². The predicted octanol–water partition coefficient (Wildman–Crippen LogP) is 1.46. The predicted molar refractivity (Wildman–Crippen MR) is 91.8 cm³/mol. The molecule has 1 amide bonds. The van der Waals surface area contributed by atoms with Crippen LogP contribution in [0.1, 0.15) is 12.5 Å². The molecule has 1 heterocycles. The molecule has 1 aromatic rings. The van der Waals surface area contributed by atoms with Gasteiger partial charge >= 0.3 is 0 Å². The second-order valence-corrected chi connectivity index (χ2v) is 7.20. The molecule has 1 saturated heterocycles. The van der Waals surface area contributed by atoms with E-state index >= 15 is 0 Å². The minimum absolute atomic E-state index is 0.196. The summed E-state index contributed by atoms with van der Waals surface area (Å²) in [5.41, 5.74) is 0.837. The van der Waals surface area contributed by atoms with Crippen molar-refractivity contribution in [3.05, 3.63) is 54.1 Å². The first-order valence-electron chi connectivity index (χ1n) is 7.78. The van der Waals surface area contributed by atoms with E-state index in [1.165, 1.54) is 10.4 Å². The average Bonchev–Trinajstić information content (AvgIpc) is 2.61. The van der Waals surface area contributed by atoms with Crippen molar-refractivity contribution in [2.75, 3.05) is 26.3 Å². The van der Waals surface area contributed by atoms with E-state index in [0.29, 0.717) is 32.8 Å². The van der Waals surface area contributed by atoms with E-state index in [1.807, 2.05) is 13.0 Å². The van der Waals surface area contributed by atoms with Crippen LogP contribution < -0.4 is 5.32 Å². The number of nitrogens with one attached hydrogen (secondary N) is 1. The summed E-state index contributed by atoms with van der Waals surface area (Å²) in [5.74, 6) is -0.196. The number of sulfonamides is 1. The standard InChI is InChI=1S/C17H22N2O4S/c1-2-3-4-5-17(20)18-14-15-6-8-16(9-7-15)24(21,22)19-10-12-23-13-11-19/h2-9H,10-14H2,1H3,(H,18,20)/b3-2+,5-4+. The van der Waals surface area contributed by atoms with E-state index in [0.717, 1.165) is 5.56 Å². The zero-order valence-corrected chi connectivity index (χ0v) is 14.5. The Morgan fingerprint density at radius 1 is 1.21 bits per heavy atom. The summed E-state index contributed by atoms with van der Waals surface area (Å²) >= 11 is 0. The summed E-state index contributed by atoms with van der Waals surface area (Å²) in [7, 11) is -3.48. The highest BCUT2D eigenvalue weighted by Crippen LogP contribution is 2.17. The number of carbonyl (C=O) groups excluding carboxylic acids is 1. The van der Waals surface area contributed by atoms with E-state index in [9.17, 15) is 13.2 Å². The first-order chi connectivity index (χ1) is 11.5. The molecule has 0 saturated carbocycles. The van der Waals surface area contributed by atoms with E-state index < -0.39 is 10.0 Å². The van der Waals surface area contributed by atoms with Crippen LogP contribution in [-0.2, 0) is 26.1 Å². The molecule has 130 valence electrons. The van der Waals surface area contributed by atoms with Crippen LogP contribution in [0.4, 0.5) is 0 Å². The molecule has 0 radical (unpaired) electrons. The van der Waals surface area contributed by atoms with Crippen molar-refractivity contribution in [2.45, 2.75) is 18.4 Å². The normalized spacial score (nSPS) is 16.7. The Kier molecular flexibility index (Phi) is 6.72. The number of hydrogen-bond acceptors (Lipinski definition) is 4. The van der Waals surface area contributed by atoms with Crippen LogP contribution >= 0.6 is 0 Å². The molecule has 1 aliphatic heterocycles. The number of carbonyl (C=O) groups is 1. The maximum Gasteiger partial charge on any atom is 0.244 e. The smallest absolute Gasteiger partial charge is 0.244 e. The number of amides is 1. The monoisotopic (exact) mass is 350 g/mol. The van der Waals surface area contributed by atoms with Gasteiger partial charge in [-0.1, -0.05) is 30.4 Å². The highest BCUT2D eigenvalue weighted by atomic mass is 32.2. The maximum absolute atomic E-state index is 12.5. The average molecular weight is 350 g/mol. The van der Waals surface area contributed by atoms with Gasteiger partial charge in [0.1, 0.15) is 0 Å². The van der Waals surface area contributed by atoms with Gasteiger partial charge in [-0.05, 0) is 24.6 Å². The van der Waals surface area contributed by atoms with Crippen molar-refractivity contribution in [2.24, 2.45) is 0 Å². The van der Waals surface area contributed by atoms with Crippen LogP contribution in [0.2, 0.25) is 0 Å². The maximum atomic E-state index is 12.5. The van der Waals surface area contributed by atoms with E-state index in [-0.39, 0.29) is 10.8 Å². The number of hydrogen-bond donors (Lipinski definition) is 1. The Balaban J connectivity index is 1.96. The van der Waals surface area contributed by atoms with E-state index in [2.05, 4.69) is 5.32 Å². The van der Waals surface area contributed by atoms with Crippen molar-refractivity contribution in [3.8, 4) is 0 Å². The third-order valence-electron chi connectivity index (χ3n) is 3.55. The molecule has 0 spiro atoms. The molecule has 0 atom stereocenters. The highest BCUT2D eigenvalue weighted by Gasteiger charge is 2.25. The number of rotatable bonds is 6. The fourth-order valence-electron chi connectivity index (χ4n) is 2.22. The lowest BCUT2D eigenvalue weighted by atomic mass is 10.2. The van der Waals surface area contributed by atoms with E-state index in [1.54, 1.807) is 36.4 Å². The Morgan fingerprint density at radius 2 is 1.88 bits per heavy atom. The van der Waals surface area contributed by atoms with Gasteiger partial charge in [0.05, 0.1) is 18.1 Å². The zero-order valence-electron chi connectivity index (χ0n) is 13.6. The number of benzene rings is 1. The first-order valence-corrected chi connectivity index (χ1v) is 9.22. The van der Waals surface area contributed by atoms with Crippen LogP contribution in [0.25, 0.3) is 0 Å². The van der Waals surface area contributed by atoms with Crippen molar-refractivity contribution in [1.82, 2.24) is 9.62 Å². The summed E-state index contributed by atoms with van der Waals surface area (Å²) in [6.07, 6.45) is 6.70. The Bertz CT molecular complexity index is 703. The summed E-state index contributed by atoms with van der Waals surface area (Å²) in [6.45, 7) is 3.80. The molecule has 24 heavy (non-hydrogen) atoms. The second-order valence-electron chi connectivity index (χ2n) is 5.26. The fourth-order valence-corrected chi connectivity index (χ4v) is 3.63. The molecule has 2 rings (SSSR count). The molecule has 0 unspecified atom stereocenters. The molecule has 1 N–H and O–H groups in total. The van der Waals surface area contributed by atoms with Gasteiger partial charge in [0.25, 0.3) is 0 Å². The van der Waals surface area contributed by atoms with Gasteiger partial charge in [-0.25, -0.2) is 8.42 Å². The minimum Gasteiger partial charge on any atom is -0.379 e. The molecule has 1 aliphatic rings. The van der Waals surface area contributed by atoms with Crippen LogP contribution in [0, 0.1) is 0 Å². The third-order valence-corrected chi connectivity index (χ3v) is 5.46. The summed E-state index contributed by atoms with van der Waals surface area (Å²) < 4.78 is 31.6. The Labute approximate surface area is 142 Å². The SMILES string of the molecule is C/C=C/C=C/C(=O)NCc1ccc(S(=O)(=O)N2CCOCC2)cc1. The van der Waals surface area contributed by atoms with Crippen molar-refractivity contribution in [3.63, 3.8) is 0 Å². The number of allylic oxidation sites excluding steroid dienone is 3. The molecule has 0 aromatic heterocycles. The Morgan fingerprint density at radius 3 is 2.50 bits per heavy atom. The fraction of sp³-hybridized carbons (Fsp3) is 0.353. The topological polar surface area (TPSA) is 75.7 Å². The van der Waals surface area contributed by atoms with Gasteiger partial charge < -0.3 is 10.1 Å². The summed E-state index contributed by atoms with van der Waals surface area (Å²) in [4.78, 5) is 11.8. The Hall–Kier alpha value is -1.96. The second kappa shape index (κ2) is 8.77. The summed E-state index contributed by atoms with van der Waals surface area (Å²) in [5, 5.41) is 2.74.